The fourth-order valence-electron chi connectivity index (χ4n) is 1.20. The van der Waals surface area contributed by atoms with Crippen LogP contribution < -0.4 is 11.1 Å². The zero-order chi connectivity index (χ0) is 11.7. The van der Waals surface area contributed by atoms with Crippen LogP contribution in [0.25, 0.3) is 0 Å². The van der Waals surface area contributed by atoms with Crippen LogP contribution in [0.15, 0.2) is 42.4 Å². The molecular weight excluding hydrogens is 308 g/mol. The molecule has 0 atom stereocenters. The highest BCUT2D eigenvalue weighted by atomic mass is 79.9. The third kappa shape index (κ3) is 2.23. The Kier molecular flexibility index (Phi) is 3.51. The first-order valence-electron chi connectivity index (χ1n) is 4.49. The van der Waals surface area contributed by atoms with Gasteiger partial charge in [-0.1, -0.05) is 39.5 Å². The Morgan fingerprint density at radius 1 is 1.38 bits per heavy atom. The molecule has 1 aromatic rings. The lowest BCUT2D eigenvalue weighted by Crippen LogP contribution is -2.25. The summed E-state index contributed by atoms with van der Waals surface area (Å²) in [6, 6.07) is 6.02. The van der Waals surface area contributed by atoms with E-state index >= 15 is 0 Å². The van der Waals surface area contributed by atoms with Crippen LogP contribution in [0, 0.1) is 0 Å². The summed E-state index contributed by atoms with van der Waals surface area (Å²) in [5, 5.41) is 2.52. The van der Waals surface area contributed by atoms with E-state index in [9.17, 15) is 4.79 Å². The predicted molar refractivity (Wildman–Crippen MR) is 71.1 cm³/mol. The number of carbonyl (C=O) groups is 1. The maximum atomic E-state index is 11.4. The van der Waals surface area contributed by atoms with E-state index in [1.807, 2.05) is 18.2 Å². The summed E-state index contributed by atoms with van der Waals surface area (Å²) in [4.78, 5) is 13.6. The van der Waals surface area contributed by atoms with Crippen molar-refractivity contribution in [1.82, 2.24) is 5.32 Å². The second-order valence-electron chi connectivity index (χ2n) is 3.08. The topological polar surface area (TPSA) is 55.1 Å². The van der Waals surface area contributed by atoms with Gasteiger partial charge in [0.25, 0.3) is 5.91 Å². The van der Waals surface area contributed by atoms with Crippen LogP contribution in [-0.2, 0) is 4.79 Å². The summed E-state index contributed by atoms with van der Waals surface area (Å²) in [7, 11) is 1.57. The number of nitrogens with two attached hydrogens (primary N) is 1. The van der Waals surface area contributed by atoms with Gasteiger partial charge in [-0.3, -0.25) is 4.79 Å². The molecule has 0 aliphatic carbocycles. The molecule has 1 amide bonds. The van der Waals surface area contributed by atoms with Crippen molar-refractivity contribution < 1.29 is 4.79 Å². The molecule has 16 heavy (non-hydrogen) atoms. The van der Waals surface area contributed by atoms with E-state index in [0.29, 0.717) is 0 Å². The van der Waals surface area contributed by atoms with E-state index in [1.165, 1.54) is 23.5 Å². The van der Waals surface area contributed by atoms with Gasteiger partial charge < -0.3 is 11.1 Å². The Bertz CT molecular complexity index is 488. The van der Waals surface area contributed by atoms with Crippen molar-refractivity contribution >= 4 is 45.4 Å². The lowest BCUT2D eigenvalue weighted by atomic mass is 10.4. The Hall–Kier alpha value is -0.590. The van der Waals surface area contributed by atoms with Crippen LogP contribution >= 0.6 is 39.5 Å². The Morgan fingerprint density at radius 2 is 2.06 bits per heavy atom. The number of rotatable bonds is 1. The van der Waals surface area contributed by atoms with Crippen LogP contribution in [0.5, 0.6) is 0 Å². The first-order chi connectivity index (χ1) is 7.61. The van der Waals surface area contributed by atoms with Crippen LogP contribution in [-0.4, -0.2) is 13.0 Å². The number of halogens is 1. The van der Waals surface area contributed by atoms with Crippen molar-refractivity contribution in [3.63, 3.8) is 0 Å². The number of nitrogens with one attached hydrogen (secondary N) is 1. The zero-order valence-electron chi connectivity index (χ0n) is 8.41. The van der Waals surface area contributed by atoms with Gasteiger partial charge in [0.2, 0.25) is 0 Å². The maximum absolute atomic E-state index is 11.4. The second kappa shape index (κ2) is 4.73. The van der Waals surface area contributed by atoms with Gasteiger partial charge in [0.05, 0.1) is 4.24 Å². The third-order valence-electron chi connectivity index (χ3n) is 2.00. The molecule has 84 valence electrons. The third-order valence-corrected chi connectivity index (χ3v) is 5.07. The Balaban J connectivity index is 2.32. The molecule has 3 N–H and O–H groups in total. The average Bonchev–Trinajstić information content (AvgIpc) is 2.69. The van der Waals surface area contributed by atoms with E-state index in [1.54, 1.807) is 7.05 Å². The number of hydrogen-bond acceptors (Lipinski definition) is 4. The Labute approximate surface area is 110 Å². The number of thioether (sulfide) groups is 2. The smallest absolute Gasteiger partial charge is 0.268 e. The molecule has 0 bridgehead atoms. The van der Waals surface area contributed by atoms with E-state index in [0.717, 1.165) is 18.5 Å². The molecule has 3 nitrogen and oxygen atoms in total. The normalized spacial score (nSPS) is 16.9. The number of amides is 1. The molecule has 0 aromatic heterocycles. The van der Waals surface area contributed by atoms with Crippen molar-refractivity contribution in [2.45, 2.75) is 9.79 Å². The van der Waals surface area contributed by atoms with E-state index in [-0.39, 0.29) is 11.6 Å². The number of fused-ring (bicyclic) bond motifs is 1. The van der Waals surface area contributed by atoms with Crippen molar-refractivity contribution in [2.75, 3.05) is 7.05 Å². The van der Waals surface area contributed by atoms with Crippen LogP contribution in [0.1, 0.15) is 0 Å². The summed E-state index contributed by atoms with van der Waals surface area (Å²) in [5.74, 6) is -0.234. The highest BCUT2D eigenvalue weighted by Gasteiger charge is 2.22. The highest BCUT2D eigenvalue weighted by Crippen LogP contribution is 2.52. The summed E-state index contributed by atoms with van der Waals surface area (Å²) >= 11 is 6.48. The number of hydrogen-bond donors (Lipinski definition) is 2. The summed E-state index contributed by atoms with van der Waals surface area (Å²) in [6.45, 7) is 0. The zero-order valence-corrected chi connectivity index (χ0v) is 11.6. The lowest BCUT2D eigenvalue weighted by Gasteiger charge is -2.01. The van der Waals surface area contributed by atoms with Crippen LogP contribution in [0.3, 0.4) is 0 Å². The predicted octanol–water partition coefficient (Wildman–Crippen LogP) is 2.52. The number of benzene rings is 1. The molecular formula is C10H9BrN2OS2. The quantitative estimate of drug-likeness (QED) is 0.782. The SMILES string of the molecule is CNC(=O)/C(N)=C1\Sc2ccc(Br)cc2S1. The van der Waals surface area contributed by atoms with Crippen molar-refractivity contribution in [1.29, 1.82) is 0 Å². The number of likely N-dealkylation sites (N-methyl/N-ethyl adjacent to an activating group) is 1. The molecule has 6 heteroatoms. The van der Waals surface area contributed by atoms with Crippen molar-refractivity contribution in [3.05, 3.63) is 32.6 Å². The molecule has 0 saturated carbocycles. The second-order valence-corrected chi connectivity index (χ2v) is 6.35. The molecule has 0 spiro atoms. The monoisotopic (exact) mass is 316 g/mol. The van der Waals surface area contributed by atoms with Crippen LogP contribution in [0.2, 0.25) is 0 Å². The maximum Gasteiger partial charge on any atom is 0.268 e. The van der Waals surface area contributed by atoms with Gasteiger partial charge >= 0.3 is 0 Å². The van der Waals surface area contributed by atoms with E-state index in [2.05, 4.69) is 21.2 Å². The molecule has 0 unspecified atom stereocenters. The minimum absolute atomic E-state index is 0.234. The fraction of sp³-hybridized carbons (Fsp3) is 0.100. The molecule has 2 rings (SSSR count). The summed E-state index contributed by atoms with van der Waals surface area (Å²) < 4.78 is 1.87. The minimum atomic E-state index is -0.234. The molecule has 1 aliphatic heterocycles. The average molecular weight is 317 g/mol. The summed E-state index contributed by atoms with van der Waals surface area (Å²) in [5.41, 5.74) is 6.05. The first-order valence-corrected chi connectivity index (χ1v) is 6.91. The van der Waals surface area contributed by atoms with E-state index in [4.69, 9.17) is 5.73 Å². The Morgan fingerprint density at radius 3 is 2.75 bits per heavy atom. The number of carbonyl (C=O) groups excluding carboxylic acids is 1. The molecule has 1 aliphatic rings. The highest BCUT2D eigenvalue weighted by molar-refractivity contribution is 9.10. The van der Waals surface area contributed by atoms with Crippen LogP contribution in [0.4, 0.5) is 0 Å². The van der Waals surface area contributed by atoms with Gasteiger partial charge in [-0.05, 0) is 18.2 Å². The molecule has 1 aromatic carbocycles. The van der Waals surface area contributed by atoms with Gasteiger partial charge in [0, 0.05) is 21.3 Å². The van der Waals surface area contributed by atoms with Gasteiger partial charge in [0.15, 0.2) is 0 Å². The lowest BCUT2D eigenvalue weighted by molar-refractivity contribution is -0.117. The molecule has 1 heterocycles. The summed E-state index contributed by atoms with van der Waals surface area (Å²) in [6.07, 6.45) is 0. The fourth-order valence-corrected chi connectivity index (χ4v) is 4.13. The van der Waals surface area contributed by atoms with Crippen molar-refractivity contribution in [2.24, 2.45) is 5.73 Å². The molecule has 0 saturated heterocycles. The molecule has 0 fully saturated rings. The van der Waals surface area contributed by atoms with Gasteiger partial charge in [-0.2, -0.15) is 0 Å². The first kappa shape index (κ1) is 11.9. The van der Waals surface area contributed by atoms with Gasteiger partial charge in [-0.15, -0.1) is 0 Å². The minimum Gasteiger partial charge on any atom is -0.393 e. The van der Waals surface area contributed by atoms with E-state index < -0.39 is 0 Å². The largest absolute Gasteiger partial charge is 0.393 e. The standard InChI is InChI=1S/C10H9BrN2OS2/c1-13-9(14)8(12)10-15-6-3-2-5(11)4-7(6)16-10/h2-4H,12H2,1H3,(H,13,14)/b10-8-. The van der Waals surface area contributed by atoms with Crippen molar-refractivity contribution in [3.8, 4) is 0 Å². The van der Waals surface area contributed by atoms with Gasteiger partial charge in [0.1, 0.15) is 5.70 Å². The molecule has 0 radical (unpaired) electrons. The van der Waals surface area contributed by atoms with Gasteiger partial charge in [-0.25, -0.2) is 0 Å².